The van der Waals surface area contributed by atoms with E-state index in [1.54, 1.807) is 0 Å². The third-order valence-electron chi connectivity index (χ3n) is 4.15. The zero-order chi connectivity index (χ0) is 14.5. The summed E-state index contributed by atoms with van der Waals surface area (Å²) in [5, 5.41) is 0. The number of aromatic nitrogens is 2. The van der Waals surface area contributed by atoms with Crippen molar-refractivity contribution in [2.75, 3.05) is 27.2 Å². The summed E-state index contributed by atoms with van der Waals surface area (Å²) in [5.41, 5.74) is 1.16. The molecule has 20 heavy (non-hydrogen) atoms. The normalized spacial score (nSPS) is 21.4. The molecule has 1 aliphatic rings. The lowest BCUT2D eigenvalue weighted by Crippen LogP contribution is -2.30. The van der Waals surface area contributed by atoms with E-state index in [1.165, 1.54) is 32.4 Å². The average Bonchev–Trinajstić information content (AvgIpc) is 2.65. The second-order valence-corrected chi connectivity index (χ2v) is 6.39. The van der Waals surface area contributed by atoms with Gasteiger partial charge >= 0.3 is 0 Å². The van der Waals surface area contributed by atoms with E-state index < -0.39 is 0 Å². The van der Waals surface area contributed by atoms with Crippen LogP contribution in [-0.2, 0) is 6.54 Å². The fourth-order valence-corrected chi connectivity index (χ4v) is 2.82. The Hall–Kier alpha value is -1.00. The molecule has 0 saturated carbocycles. The summed E-state index contributed by atoms with van der Waals surface area (Å²) in [5.74, 6) is 1.36. The Balaban J connectivity index is 1.94. The molecule has 1 fully saturated rings. The summed E-state index contributed by atoms with van der Waals surface area (Å²) >= 11 is 0. The van der Waals surface area contributed by atoms with Crippen LogP contribution >= 0.6 is 0 Å². The molecule has 0 aromatic carbocycles. The van der Waals surface area contributed by atoms with Crippen LogP contribution in [-0.4, -0.2) is 53.0 Å². The molecular weight excluding hydrogens is 248 g/mol. The van der Waals surface area contributed by atoms with Crippen LogP contribution in [0.25, 0.3) is 0 Å². The van der Waals surface area contributed by atoms with Crippen molar-refractivity contribution in [1.82, 2.24) is 19.8 Å². The topological polar surface area (TPSA) is 32.3 Å². The van der Waals surface area contributed by atoms with Crippen LogP contribution in [0.5, 0.6) is 0 Å². The first kappa shape index (κ1) is 15.4. The Kier molecular flexibility index (Phi) is 5.49. The Morgan fingerprint density at radius 2 is 2.10 bits per heavy atom. The molecule has 1 aromatic heterocycles. The number of rotatable bonds is 4. The zero-order valence-corrected chi connectivity index (χ0v) is 13.3. The van der Waals surface area contributed by atoms with Crippen molar-refractivity contribution in [3.05, 3.63) is 23.8 Å². The van der Waals surface area contributed by atoms with Gasteiger partial charge in [-0.1, -0.05) is 13.8 Å². The maximum atomic E-state index is 4.69. The molecule has 0 unspecified atom stereocenters. The van der Waals surface area contributed by atoms with E-state index in [2.05, 4.69) is 53.8 Å². The van der Waals surface area contributed by atoms with E-state index >= 15 is 0 Å². The van der Waals surface area contributed by atoms with E-state index in [0.29, 0.717) is 5.92 Å². The highest BCUT2D eigenvalue weighted by Crippen LogP contribution is 2.16. The lowest BCUT2D eigenvalue weighted by molar-refractivity contribution is 0.243. The van der Waals surface area contributed by atoms with Gasteiger partial charge in [0.15, 0.2) is 0 Å². The average molecular weight is 276 g/mol. The van der Waals surface area contributed by atoms with E-state index in [0.717, 1.165) is 24.1 Å². The highest BCUT2D eigenvalue weighted by molar-refractivity contribution is 5.04. The van der Waals surface area contributed by atoms with Crippen LogP contribution in [0.1, 0.15) is 50.5 Å². The molecule has 1 aromatic rings. The van der Waals surface area contributed by atoms with Crippen molar-refractivity contribution in [1.29, 1.82) is 0 Å². The van der Waals surface area contributed by atoms with Gasteiger partial charge < -0.3 is 4.90 Å². The van der Waals surface area contributed by atoms with Crippen molar-refractivity contribution in [3.8, 4) is 0 Å². The minimum absolute atomic E-state index is 0.400. The van der Waals surface area contributed by atoms with Crippen LogP contribution in [0.3, 0.4) is 0 Å². The molecule has 1 aliphatic heterocycles. The lowest BCUT2D eigenvalue weighted by Gasteiger charge is -2.23. The smallest absolute Gasteiger partial charge is 0.131 e. The Morgan fingerprint density at radius 1 is 1.30 bits per heavy atom. The number of likely N-dealkylation sites (tertiary alicyclic amines) is 1. The van der Waals surface area contributed by atoms with E-state index in [9.17, 15) is 0 Å². The van der Waals surface area contributed by atoms with Gasteiger partial charge in [-0.05, 0) is 46.0 Å². The van der Waals surface area contributed by atoms with Gasteiger partial charge in [-0.3, -0.25) is 4.90 Å². The monoisotopic (exact) mass is 276 g/mol. The summed E-state index contributed by atoms with van der Waals surface area (Å²) < 4.78 is 0. The van der Waals surface area contributed by atoms with Gasteiger partial charge in [-0.2, -0.15) is 0 Å². The molecule has 0 aliphatic carbocycles. The van der Waals surface area contributed by atoms with Gasteiger partial charge in [-0.15, -0.1) is 0 Å². The third kappa shape index (κ3) is 4.25. The maximum absolute atomic E-state index is 4.69. The fourth-order valence-electron chi connectivity index (χ4n) is 2.82. The molecule has 0 amide bonds. The van der Waals surface area contributed by atoms with Gasteiger partial charge in [0.25, 0.3) is 0 Å². The van der Waals surface area contributed by atoms with Crippen LogP contribution in [0.2, 0.25) is 0 Å². The summed E-state index contributed by atoms with van der Waals surface area (Å²) in [7, 11) is 4.39. The second-order valence-electron chi connectivity index (χ2n) is 6.39. The standard InChI is InChI=1S/C16H28N4/c1-13(2)16-17-9-7-14(18-16)12-20-10-5-6-15(8-11-20)19(3)4/h7,9,13,15H,5-6,8,10-12H2,1-4H3/t15-/m0/s1. The van der Waals surface area contributed by atoms with Crippen LogP contribution in [0.4, 0.5) is 0 Å². The van der Waals surface area contributed by atoms with Crippen molar-refractivity contribution < 1.29 is 0 Å². The number of hydrogen-bond donors (Lipinski definition) is 0. The van der Waals surface area contributed by atoms with E-state index in [4.69, 9.17) is 0 Å². The molecule has 2 heterocycles. The highest BCUT2D eigenvalue weighted by Gasteiger charge is 2.18. The number of nitrogens with zero attached hydrogens (tertiary/aromatic N) is 4. The summed E-state index contributed by atoms with van der Waals surface area (Å²) in [4.78, 5) is 13.9. The van der Waals surface area contributed by atoms with Gasteiger partial charge in [0.1, 0.15) is 5.82 Å². The molecular formula is C16H28N4. The fraction of sp³-hybridized carbons (Fsp3) is 0.750. The first-order chi connectivity index (χ1) is 9.56. The SMILES string of the molecule is CC(C)c1nccc(CN2CCC[C@H](N(C)C)CC2)n1. The molecule has 2 rings (SSSR count). The van der Waals surface area contributed by atoms with Crippen molar-refractivity contribution >= 4 is 0 Å². The molecule has 1 saturated heterocycles. The predicted molar refractivity (Wildman–Crippen MR) is 82.7 cm³/mol. The summed E-state index contributed by atoms with van der Waals surface area (Å²) in [6, 6.07) is 2.79. The molecule has 0 spiro atoms. The molecule has 112 valence electrons. The van der Waals surface area contributed by atoms with Crippen LogP contribution in [0, 0.1) is 0 Å². The minimum atomic E-state index is 0.400. The molecule has 0 bridgehead atoms. The van der Waals surface area contributed by atoms with Crippen molar-refractivity contribution in [3.63, 3.8) is 0 Å². The van der Waals surface area contributed by atoms with Gasteiger partial charge in [0, 0.05) is 31.2 Å². The highest BCUT2D eigenvalue weighted by atomic mass is 15.2. The molecule has 0 N–H and O–H groups in total. The first-order valence-corrected chi connectivity index (χ1v) is 7.77. The molecule has 4 heteroatoms. The largest absolute Gasteiger partial charge is 0.306 e. The second kappa shape index (κ2) is 7.14. The van der Waals surface area contributed by atoms with Crippen molar-refractivity contribution in [2.24, 2.45) is 0 Å². The van der Waals surface area contributed by atoms with Crippen LogP contribution in [0.15, 0.2) is 12.3 Å². The lowest BCUT2D eigenvalue weighted by atomic mass is 10.1. The minimum Gasteiger partial charge on any atom is -0.306 e. The Morgan fingerprint density at radius 3 is 2.80 bits per heavy atom. The maximum Gasteiger partial charge on any atom is 0.131 e. The molecule has 0 radical (unpaired) electrons. The van der Waals surface area contributed by atoms with E-state index in [-0.39, 0.29) is 0 Å². The quantitative estimate of drug-likeness (QED) is 0.846. The van der Waals surface area contributed by atoms with Gasteiger partial charge in [0.05, 0.1) is 5.69 Å². The third-order valence-corrected chi connectivity index (χ3v) is 4.15. The summed E-state index contributed by atoms with van der Waals surface area (Å²) in [6.07, 6.45) is 5.75. The van der Waals surface area contributed by atoms with Gasteiger partial charge in [-0.25, -0.2) is 9.97 Å². The molecule has 1 atom stereocenters. The number of hydrogen-bond acceptors (Lipinski definition) is 4. The van der Waals surface area contributed by atoms with Crippen LogP contribution < -0.4 is 0 Å². The Labute approximate surface area is 123 Å². The molecule has 4 nitrogen and oxygen atoms in total. The Bertz CT molecular complexity index is 417. The summed E-state index contributed by atoms with van der Waals surface area (Å²) in [6.45, 7) is 7.61. The zero-order valence-electron chi connectivity index (χ0n) is 13.3. The predicted octanol–water partition coefficient (Wildman–Crippen LogP) is 2.52. The van der Waals surface area contributed by atoms with Gasteiger partial charge in [0.2, 0.25) is 0 Å². The first-order valence-electron chi connectivity index (χ1n) is 7.77. The van der Waals surface area contributed by atoms with Crippen molar-refractivity contribution in [2.45, 2.75) is 51.6 Å². The van der Waals surface area contributed by atoms with E-state index in [1.807, 2.05) is 6.20 Å².